The van der Waals surface area contributed by atoms with Crippen LogP contribution in [0.4, 0.5) is 16.2 Å². The summed E-state index contributed by atoms with van der Waals surface area (Å²) in [5, 5.41) is 10.8. The molecule has 0 unspecified atom stereocenters. The molecule has 1 heterocycles. The number of nitro groups is 1. The number of non-ortho nitro benzene ring substituents is 1. The van der Waals surface area contributed by atoms with Crippen LogP contribution in [0, 0.1) is 10.1 Å². The van der Waals surface area contributed by atoms with Crippen LogP contribution in [0.5, 0.6) is 0 Å². The second-order valence-electron chi connectivity index (χ2n) is 8.37. The fourth-order valence-corrected chi connectivity index (χ4v) is 3.15. The van der Waals surface area contributed by atoms with E-state index in [0.29, 0.717) is 31.9 Å². The van der Waals surface area contributed by atoms with Crippen LogP contribution in [0.15, 0.2) is 24.3 Å². The minimum absolute atomic E-state index is 0.0110. The molecule has 0 radical (unpaired) electrons. The summed E-state index contributed by atoms with van der Waals surface area (Å²) in [7, 11) is 0. The molecule has 2 rings (SSSR count). The van der Waals surface area contributed by atoms with E-state index >= 15 is 0 Å². The molecule has 1 fully saturated rings. The van der Waals surface area contributed by atoms with Crippen LogP contribution in [0.1, 0.15) is 34.6 Å². The summed E-state index contributed by atoms with van der Waals surface area (Å²) in [4.78, 5) is 40.8. The quantitative estimate of drug-likeness (QED) is 0.551. The minimum atomic E-state index is -0.535. The minimum Gasteiger partial charge on any atom is -0.444 e. The standard InChI is InChI=1S/C20H30N4O5/c1-15(2)23(16-6-8-17(9-7-16)24(27)28)18(25)14-21-10-12-22(13-11-21)19(26)29-20(3,4)5/h6-9,15H,10-14H2,1-5H3. The summed E-state index contributed by atoms with van der Waals surface area (Å²) in [6.45, 7) is 11.7. The average Bonchev–Trinajstić information content (AvgIpc) is 2.61. The number of nitrogens with zero attached hydrogens (tertiary/aromatic N) is 4. The van der Waals surface area contributed by atoms with Gasteiger partial charge in [-0.3, -0.25) is 19.8 Å². The number of anilines is 1. The number of amides is 2. The Balaban J connectivity index is 1.96. The van der Waals surface area contributed by atoms with Crippen molar-refractivity contribution in [2.75, 3.05) is 37.6 Å². The maximum absolute atomic E-state index is 12.9. The lowest BCUT2D eigenvalue weighted by Gasteiger charge is -2.36. The molecule has 29 heavy (non-hydrogen) atoms. The van der Waals surface area contributed by atoms with Crippen molar-refractivity contribution in [2.45, 2.75) is 46.3 Å². The molecule has 160 valence electrons. The molecule has 1 saturated heterocycles. The van der Waals surface area contributed by atoms with E-state index in [0.717, 1.165) is 0 Å². The first-order valence-corrected chi connectivity index (χ1v) is 9.75. The number of carbonyl (C=O) groups excluding carboxylic acids is 2. The Hall–Kier alpha value is -2.68. The molecule has 1 aromatic carbocycles. The lowest BCUT2D eigenvalue weighted by atomic mass is 10.2. The van der Waals surface area contributed by atoms with Gasteiger partial charge in [0, 0.05) is 50.0 Å². The number of hydrogen-bond acceptors (Lipinski definition) is 6. The van der Waals surface area contributed by atoms with Gasteiger partial charge >= 0.3 is 6.09 Å². The first-order chi connectivity index (χ1) is 13.5. The molecular formula is C20H30N4O5. The average molecular weight is 406 g/mol. The van der Waals surface area contributed by atoms with Gasteiger partial charge in [0.2, 0.25) is 5.91 Å². The second kappa shape index (κ2) is 9.21. The van der Waals surface area contributed by atoms with Crippen molar-refractivity contribution < 1.29 is 19.2 Å². The predicted octanol–water partition coefficient (Wildman–Crippen LogP) is 2.89. The molecule has 9 nitrogen and oxygen atoms in total. The van der Waals surface area contributed by atoms with Crippen molar-refractivity contribution in [3.63, 3.8) is 0 Å². The zero-order valence-electron chi connectivity index (χ0n) is 17.8. The van der Waals surface area contributed by atoms with Crippen molar-refractivity contribution in [1.29, 1.82) is 0 Å². The summed E-state index contributed by atoms with van der Waals surface area (Å²) in [6, 6.07) is 5.90. The van der Waals surface area contributed by atoms with Gasteiger partial charge in [-0.15, -0.1) is 0 Å². The van der Waals surface area contributed by atoms with Crippen LogP contribution >= 0.6 is 0 Å². The van der Waals surface area contributed by atoms with Crippen molar-refractivity contribution in [2.24, 2.45) is 0 Å². The smallest absolute Gasteiger partial charge is 0.410 e. The van der Waals surface area contributed by atoms with Gasteiger partial charge in [-0.05, 0) is 46.8 Å². The highest BCUT2D eigenvalue weighted by Gasteiger charge is 2.28. The van der Waals surface area contributed by atoms with Crippen molar-refractivity contribution in [3.05, 3.63) is 34.4 Å². The summed E-state index contributed by atoms with van der Waals surface area (Å²) in [6.07, 6.45) is -0.335. The van der Waals surface area contributed by atoms with Gasteiger partial charge in [-0.25, -0.2) is 4.79 Å². The van der Waals surface area contributed by atoms with E-state index in [1.54, 1.807) is 21.9 Å². The van der Waals surface area contributed by atoms with E-state index in [4.69, 9.17) is 4.74 Å². The second-order valence-corrected chi connectivity index (χ2v) is 8.37. The van der Waals surface area contributed by atoms with Gasteiger partial charge < -0.3 is 14.5 Å². The molecule has 9 heteroatoms. The number of rotatable bonds is 5. The molecule has 1 aliphatic heterocycles. The molecule has 0 bridgehead atoms. The fraction of sp³-hybridized carbons (Fsp3) is 0.600. The van der Waals surface area contributed by atoms with Crippen LogP contribution in [-0.4, -0.2) is 71.1 Å². The third-order valence-corrected chi connectivity index (χ3v) is 4.51. The highest BCUT2D eigenvalue weighted by Crippen LogP contribution is 2.22. The number of benzene rings is 1. The molecular weight excluding hydrogens is 376 g/mol. The fourth-order valence-electron chi connectivity index (χ4n) is 3.15. The number of nitro benzene ring substituents is 1. The van der Waals surface area contributed by atoms with Crippen molar-refractivity contribution in [3.8, 4) is 0 Å². The number of piperazine rings is 1. The molecule has 0 saturated carbocycles. The molecule has 0 aliphatic carbocycles. The van der Waals surface area contributed by atoms with Gasteiger partial charge in [-0.1, -0.05) is 0 Å². The zero-order valence-corrected chi connectivity index (χ0v) is 17.8. The Morgan fingerprint density at radius 3 is 2.14 bits per heavy atom. The molecule has 2 amide bonds. The number of hydrogen-bond donors (Lipinski definition) is 0. The molecule has 0 atom stereocenters. The Bertz CT molecular complexity index is 734. The monoisotopic (exact) mass is 406 g/mol. The number of ether oxygens (including phenoxy) is 1. The largest absolute Gasteiger partial charge is 0.444 e. The first-order valence-electron chi connectivity index (χ1n) is 9.75. The third-order valence-electron chi connectivity index (χ3n) is 4.51. The van der Waals surface area contributed by atoms with E-state index in [2.05, 4.69) is 0 Å². The normalized spacial score (nSPS) is 15.3. The molecule has 0 N–H and O–H groups in total. The van der Waals surface area contributed by atoms with Crippen LogP contribution in [0.25, 0.3) is 0 Å². The highest BCUT2D eigenvalue weighted by atomic mass is 16.6. The van der Waals surface area contributed by atoms with Crippen LogP contribution in [0.2, 0.25) is 0 Å². The Kier molecular flexibility index (Phi) is 7.18. The van der Waals surface area contributed by atoms with E-state index < -0.39 is 10.5 Å². The van der Waals surface area contributed by atoms with Gasteiger partial charge in [0.1, 0.15) is 5.60 Å². The Morgan fingerprint density at radius 2 is 1.69 bits per heavy atom. The Labute approximate surface area is 171 Å². The molecule has 0 aromatic heterocycles. The maximum atomic E-state index is 12.9. The van der Waals surface area contributed by atoms with Crippen LogP contribution < -0.4 is 4.90 Å². The summed E-state index contributed by atoms with van der Waals surface area (Å²) in [5.41, 5.74) is 0.0818. The SMILES string of the molecule is CC(C)N(C(=O)CN1CCN(C(=O)OC(C)(C)C)CC1)c1ccc([N+](=O)[O-])cc1. The summed E-state index contributed by atoms with van der Waals surface area (Å²) in [5.74, 6) is -0.0837. The topological polar surface area (TPSA) is 96.2 Å². The van der Waals surface area contributed by atoms with Gasteiger partial charge in [0.15, 0.2) is 0 Å². The first kappa shape index (κ1) is 22.6. The van der Waals surface area contributed by atoms with Gasteiger partial charge in [0.05, 0.1) is 11.5 Å². The summed E-state index contributed by atoms with van der Waals surface area (Å²) >= 11 is 0. The zero-order chi connectivity index (χ0) is 21.8. The van der Waals surface area contributed by atoms with Crippen LogP contribution in [-0.2, 0) is 9.53 Å². The van der Waals surface area contributed by atoms with Crippen molar-refractivity contribution in [1.82, 2.24) is 9.80 Å². The van der Waals surface area contributed by atoms with Crippen LogP contribution in [0.3, 0.4) is 0 Å². The van der Waals surface area contributed by atoms with E-state index in [1.165, 1.54) is 12.1 Å². The Morgan fingerprint density at radius 1 is 1.14 bits per heavy atom. The van der Waals surface area contributed by atoms with E-state index in [1.807, 2.05) is 39.5 Å². The molecule has 1 aliphatic rings. The highest BCUT2D eigenvalue weighted by molar-refractivity contribution is 5.95. The lowest BCUT2D eigenvalue weighted by molar-refractivity contribution is -0.384. The third kappa shape index (κ3) is 6.42. The van der Waals surface area contributed by atoms with Gasteiger partial charge in [-0.2, -0.15) is 0 Å². The predicted molar refractivity (Wildman–Crippen MR) is 110 cm³/mol. The lowest BCUT2D eigenvalue weighted by Crippen LogP contribution is -2.53. The molecule has 1 aromatic rings. The maximum Gasteiger partial charge on any atom is 0.410 e. The number of carbonyl (C=O) groups is 2. The van der Waals surface area contributed by atoms with E-state index in [9.17, 15) is 19.7 Å². The molecule has 0 spiro atoms. The van der Waals surface area contributed by atoms with Crippen molar-refractivity contribution >= 4 is 23.4 Å². The van der Waals surface area contributed by atoms with E-state index in [-0.39, 0.29) is 30.3 Å². The van der Waals surface area contributed by atoms with Gasteiger partial charge in [0.25, 0.3) is 5.69 Å². The summed E-state index contributed by atoms with van der Waals surface area (Å²) < 4.78 is 5.39.